The van der Waals surface area contributed by atoms with Gasteiger partial charge in [0.2, 0.25) is 0 Å². The van der Waals surface area contributed by atoms with Crippen LogP contribution in [-0.4, -0.2) is 33.7 Å². The van der Waals surface area contributed by atoms with Crippen molar-refractivity contribution in [2.45, 2.75) is 6.10 Å². The molecular weight excluding hydrogens is 234 g/mol. The van der Waals surface area contributed by atoms with E-state index >= 15 is 0 Å². The van der Waals surface area contributed by atoms with Gasteiger partial charge in [-0.05, 0) is 12.2 Å². The molecule has 0 N–H and O–H groups in total. The molecule has 0 aromatic rings. The van der Waals surface area contributed by atoms with Gasteiger partial charge in [0.1, 0.15) is 17.0 Å². The first-order valence-electron chi connectivity index (χ1n) is 4.07. The molecule has 0 aliphatic heterocycles. The highest BCUT2D eigenvalue weighted by Gasteiger charge is 2.30. The standard InChI is InChI=1S/C9H7NO5S/c1-15-9-7(5-11)3-2-4-8(9)16(13,14)10-6-12/h2-4,9H,1H3. The number of sulfonamides is 1. The Labute approximate surface area is 91.7 Å². The van der Waals surface area contributed by atoms with Gasteiger partial charge >= 0.3 is 0 Å². The number of hydrogen-bond donors (Lipinski definition) is 0. The van der Waals surface area contributed by atoms with E-state index in [1.54, 1.807) is 5.94 Å². The SMILES string of the molecule is COC1C(=C=O)C=CC=C1S(=O)(=O)N=C=O. The van der Waals surface area contributed by atoms with Crippen molar-refractivity contribution >= 4 is 22.0 Å². The number of ether oxygens (including phenoxy) is 1. The first-order valence-corrected chi connectivity index (χ1v) is 5.51. The minimum atomic E-state index is -4.15. The van der Waals surface area contributed by atoms with Gasteiger partial charge in [0.25, 0.3) is 16.1 Å². The molecular formula is C9H7NO5S. The van der Waals surface area contributed by atoms with E-state index in [2.05, 4.69) is 4.40 Å². The fourth-order valence-electron chi connectivity index (χ4n) is 1.23. The van der Waals surface area contributed by atoms with Crippen LogP contribution in [0.25, 0.3) is 0 Å². The van der Waals surface area contributed by atoms with Gasteiger partial charge in [0.15, 0.2) is 0 Å². The van der Waals surface area contributed by atoms with Crippen molar-refractivity contribution in [3.63, 3.8) is 0 Å². The fourth-order valence-corrected chi connectivity index (χ4v) is 2.18. The zero-order valence-corrected chi connectivity index (χ0v) is 9.02. The maximum atomic E-state index is 11.5. The largest absolute Gasteiger partial charge is 0.370 e. The summed E-state index contributed by atoms with van der Waals surface area (Å²) in [4.78, 5) is 20.2. The summed E-state index contributed by atoms with van der Waals surface area (Å²) in [5, 5.41) is 0. The molecule has 84 valence electrons. The third-order valence-corrected chi connectivity index (χ3v) is 3.15. The first-order chi connectivity index (χ1) is 7.56. The lowest BCUT2D eigenvalue weighted by Gasteiger charge is -2.17. The van der Waals surface area contributed by atoms with Gasteiger partial charge in [-0.2, -0.15) is 8.42 Å². The number of methoxy groups -OCH3 is 1. The molecule has 0 radical (unpaired) electrons. The predicted octanol–water partition coefficient (Wildman–Crippen LogP) is -0.121. The smallest absolute Gasteiger partial charge is 0.291 e. The van der Waals surface area contributed by atoms with Crippen LogP contribution in [0, 0.1) is 0 Å². The average Bonchev–Trinajstić information content (AvgIpc) is 2.27. The summed E-state index contributed by atoms with van der Waals surface area (Å²) in [7, 11) is -2.92. The van der Waals surface area contributed by atoms with E-state index < -0.39 is 16.1 Å². The molecule has 1 aliphatic rings. The van der Waals surface area contributed by atoms with Crippen LogP contribution in [-0.2, 0) is 24.3 Å². The molecule has 0 saturated heterocycles. The number of carbonyl (C=O) groups excluding carboxylic acids is 2. The van der Waals surface area contributed by atoms with E-state index in [9.17, 15) is 18.0 Å². The van der Waals surface area contributed by atoms with Crippen LogP contribution < -0.4 is 0 Å². The van der Waals surface area contributed by atoms with Crippen LogP contribution in [0.4, 0.5) is 0 Å². The number of allylic oxidation sites excluding steroid dienone is 2. The molecule has 16 heavy (non-hydrogen) atoms. The summed E-state index contributed by atoms with van der Waals surface area (Å²) in [6.45, 7) is 0. The normalized spacial score (nSPS) is 19.7. The van der Waals surface area contributed by atoms with Gasteiger partial charge in [0.05, 0.1) is 5.57 Å². The van der Waals surface area contributed by atoms with Crippen molar-refractivity contribution < 1.29 is 22.7 Å². The molecule has 7 heteroatoms. The molecule has 0 spiro atoms. The molecule has 1 atom stereocenters. The van der Waals surface area contributed by atoms with Crippen LogP contribution in [0.5, 0.6) is 0 Å². The topological polar surface area (TPSA) is 89.9 Å². The lowest BCUT2D eigenvalue weighted by molar-refractivity contribution is 0.167. The highest BCUT2D eigenvalue weighted by atomic mass is 32.2. The summed E-state index contributed by atoms with van der Waals surface area (Å²) in [5.41, 5.74) is 0.0182. The monoisotopic (exact) mass is 241 g/mol. The van der Waals surface area contributed by atoms with Gasteiger partial charge in [-0.25, -0.2) is 9.59 Å². The van der Waals surface area contributed by atoms with E-state index in [-0.39, 0.29) is 10.5 Å². The Morgan fingerprint density at radius 2 is 2.12 bits per heavy atom. The maximum Gasteiger partial charge on any atom is 0.291 e. The van der Waals surface area contributed by atoms with E-state index in [1.165, 1.54) is 25.3 Å². The van der Waals surface area contributed by atoms with Crippen molar-refractivity contribution in [2.75, 3.05) is 7.11 Å². The van der Waals surface area contributed by atoms with Crippen LogP contribution in [0.1, 0.15) is 0 Å². The minimum absolute atomic E-state index is 0.0182. The van der Waals surface area contributed by atoms with Gasteiger partial charge in [-0.3, -0.25) is 0 Å². The van der Waals surface area contributed by atoms with E-state index in [0.717, 1.165) is 6.08 Å². The summed E-state index contributed by atoms with van der Waals surface area (Å²) in [6, 6.07) is 0. The second-order valence-corrected chi connectivity index (χ2v) is 4.36. The highest BCUT2D eigenvalue weighted by molar-refractivity contribution is 7.94. The van der Waals surface area contributed by atoms with Gasteiger partial charge < -0.3 is 4.74 Å². The Bertz CT molecular complexity index is 544. The second kappa shape index (κ2) is 4.83. The lowest BCUT2D eigenvalue weighted by Crippen LogP contribution is -2.23. The third-order valence-electron chi connectivity index (χ3n) is 1.89. The summed E-state index contributed by atoms with van der Waals surface area (Å²) < 4.78 is 30.5. The van der Waals surface area contributed by atoms with Crippen molar-refractivity contribution in [3.05, 3.63) is 28.7 Å². The Balaban J connectivity index is 3.34. The summed E-state index contributed by atoms with van der Waals surface area (Å²) in [5.74, 6) is 1.56. The predicted molar refractivity (Wildman–Crippen MR) is 54.3 cm³/mol. The van der Waals surface area contributed by atoms with E-state index in [4.69, 9.17) is 4.74 Å². The van der Waals surface area contributed by atoms with Gasteiger partial charge in [0, 0.05) is 7.11 Å². The van der Waals surface area contributed by atoms with Crippen LogP contribution in [0.3, 0.4) is 0 Å². The minimum Gasteiger partial charge on any atom is -0.370 e. The fraction of sp³-hybridized carbons (Fsp3) is 0.222. The second-order valence-electron chi connectivity index (χ2n) is 2.76. The Morgan fingerprint density at radius 1 is 1.44 bits per heavy atom. The number of nitrogens with zero attached hydrogens (tertiary/aromatic N) is 1. The van der Waals surface area contributed by atoms with Gasteiger partial charge in [-0.15, -0.1) is 0 Å². The summed E-state index contributed by atoms with van der Waals surface area (Å²) in [6.07, 6.45) is 3.75. The molecule has 0 fully saturated rings. The van der Waals surface area contributed by atoms with Crippen molar-refractivity contribution in [3.8, 4) is 0 Å². The first kappa shape index (κ1) is 12.3. The van der Waals surface area contributed by atoms with Crippen LogP contribution >= 0.6 is 0 Å². The molecule has 1 rings (SSSR count). The van der Waals surface area contributed by atoms with Crippen LogP contribution in [0.2, 0.25) is 0 Å². The molecule has 0 aromatic carbocycles. The van der Waals surface area contributed by atoms with E-state index in [1.807, 2.05) is 0 Å². The Morgan fingerprint density at radius 3 is 2.62 bits per heavy atom. The van der Waals surface area contributed by atoms with Gasteiger partial charge in [-0.1, -0.05) is 10.5 Å². The van der Waals surface area contributed by atoms with Crippen LogP contribution in [0.15, 0.2) is 33.1 Å². The van der Waals surface area contributed by atoms with Crippen molar-refractivity contribution in [1.29, 1.82) is 0 Å². The number of isocyanates is 1. The van der Waals surface area contributed by atoms with E-state index in [0.29, 0.717) is 0 Å². The maximum absolute atomic E-state index is 11.5. The molecule has 1 aliphatic carbocycles. The third kappa shape index (κ3) is 2.24. The molecule has 0 saturated carbocycles. The zero-order valence-electron chi connectivity index (χ0n) is 8.21. The lowest BCUT2D eigenvalue weighted by atomic mass is 10.1. The molecule has 6 nitrogen and oxygen atoms in total. The Hall–Kier alpha value is -1.78. The number of rotatable bonds is 3. The molecule has 0 heterocycles. The zero-order chi connectivity index (χ0) is 12.2. The van der Waals surface area contributed by atoms with Crippen molar-refractivity contribution in [2.24, 2.45) is 4.40 Å². The molecule has 0 bridgehead atoms. The summed E-state index contributed by atoms with van der Waals surface area (Å²) >= 11 is 0. The number of hydrogen-bond acceptors (Lipinski definition) is 5. The Kier molecular flexibility index (Phi) is 3.71. The molecule has 0 amide bonds. The molecule has 0 aromatic heterocycles. The average molecular weight is 241 g/mol. The van der Waals surface area contributed by atoms with Crippen molar-refractivity contribution in [1.82, 2.24) is 0 Å². The molecule has 1 unspecified atom stereocenters. The highest BCUT2D eigenvalue weighted by Crippen LogP contribution is 2.25. The quantitative estimate of drug-likeness (QED) is 0.390.